The first-order chi connectivity index (χ1) is 11.8. The molecule has 0 unspecified atom stereocenters. The van der Waals surface area contributed by atoms with E-state index in [1.165, 1.54) is 0 Å². The van der Waals surface area contributed by atoms with Crippen LogP contribution in [-0.2, 0) is 20.8 Å². The minimum atomic E-state index is -5.08. The molecule has 0 aliphatic carbocycles. The first-order valence-corrected chi connectivity index (χ1v) is 7.76. The van der Waals surface area contributed by atoms with Gasteiger partial charge in [-0.15, -0.1) is 0 Å². The summed E-state index contributed by atoms with van der Waals surface area (Å²) in [6, 6.07) is 6.10. The zero-order valence-electron chi connectivity index (χ0n) is 13.8. The number of carboxylic acids is 1. The summed E-state index contributed by atoms with van der Waals surface area (Å²) < 4.78 is 42.8. The second kappa shape index (κ2) is 8.11. The Morgan fingerprint density at radius 1 is 1.52 bits per heavy atom. The van der Waals surface area contributed by atoms with Crippen molar-refractivity contribution in [2.24, 2.45) is 11.3 Å². The standard InChI is InChI=1S/C14H20N2O2.C2HF3O2/c1-17-10-14-9-16(6-12(14)8-18-11-14)7-13-4-2-3-5-15-13;3-2(4,5)1(6)7/h2-5,12H,6-11H2,1H3;(H,6,7)/t12-,14-;/m1./s1. The Balaban J connectivity index is 0.000000277. The number of hydrogen-bond acceptors (Lipinski definition) is 5. The predicted molar refractivity (Wildman–Crippen MR) is 81.8 cm³/mol. The van der Waals surface area contributed by atoms with Gasteiger partial charge in [-0.05, 0) is 12.1 Å². The van der Waals surface area contributed by atoms with Gasteiger partial charge in [0.1, 0.15) is 0 Å². The predicted octanol–water partition coefficient (Wildman–Crippen LogP) is 1.81. The molecule has 1 aromatic rings. The highest BCUT2D eigenvalue weighted by atomic mass is 19.4. The first-order valence-electron chi connectivity index (χ1n) is 7.76. The lowest BCUT2D eigenvalue weighted by molar-refractivity contribution is -0.192. The molecule has 0 saturated carbocycles. The summed E-state index contributed by atoms with van der Waals surface area (Å²) in [7, 11) is 1.78. The molecule has 140 valence electrons. The van der Waals surface area contributed by atoms with E-state index in [0.29, 0.717) is 5.92 Å². The normalized spacial score (nSPS) is 26.0. The van der Waals surface area contributed by atoms with Crippen molar-refractivity contribution in [2.75, 3.05) is 40.0 Å². The number of fused-ring (bicyclic) bond motifs is 1. The summed E-state index contributed by atoms with van der Waals surface area (Å²) in [5, 5.41) is 7.12. The molecule has 0 bridgehead atoms. The largest absolute Gasteiger partial charge is 0.490 e. The molecule has 0 spiro atoms. The number of aliphatic carboxylic acids is 1. The van der Waals surface area contributed by atoms with Crippen molar-refractivity contribution in [3.05, 3.63) is 30.1 Å². The number of alkyl halides is 3. The quantitative estimate of drug-likeness (QED) is 0.881. The van der Waals surface area contributed by atoms with E-state index in [9.17, 15) is 13.2 Å². The van der Waals surface area contributed by atoms with Crippen molar-refractivity contribution in [1.82, 2.24) is 9.88 Å². The number of ether oxygens (including phenoxy) is 2. The molecule has 2 aliphatic heterocycles. The van der Waals surface area contributed by atoms with Crippen molar-refractivity contribution in [3.8, 4) is 0 Å². The highest BCUT2D eigenvalue weighted by molar-refractivity contribution is 5.73. The van der Waals surface area contributed by atoms with Crippen LogP contribution in [0.25, 0.3) is 0 Å². The number of pyridine rings is 1. The van der Waals surface area contributed by atoms with Gasteiger partial charge in [0.15, 0.2) is 0 Å². The number of hydrogen-bond donors (Lipinski definition) is 1. The van der Waals surface area contributed by atoms with Crippen LogP contribution in [0.15, 0.2) is 24.4 Å². The van der Waals surface area contributed by atoms with E-state index in [2.05, 4.69) is 16.0 Å². The number of carboxylic acid groups (broad SMARTS) is 1. The average molecular weight is 362 g/mol. The Morgan fingerprint density at radius 3 is 2.80 bits per heavy atom. The molecule has 6 nitrogen and oxygen atoms in total. The molecule has 9 heteroatoms. The lowest BCUT2D eigenvalue weighted by Crippen LogP contribution is -2.35. The van der Waals surface area contributed by atoms with Crippen molar-refractivity contribution in [3.63, 3.8) is 0 Å². The molecular formula is C16H21F3N2O4. The number of methoxy groups -OCH3 is 1. The van der Waals surface area contributed by atoms with Crippen LogP contribution in [0.5, 0.6) is 0 Å². The average Bonchev–Trinajstić information content (AvgIpc) is 3.04. The van der Waals surface area contributed by atoms with Gasteiger partial charge < -0.3 is 14.6 Å². The maximum atomic E-state index is 10.6. The smallest absolute Gasteiger partial charge is 0.475 e. The van der Waals surface area contributed by atoms with Gasteiger partial charge in [0.2, 0.25) is 0 Å². The summed E-state index contributed by atoms with van der Waals surface area (Å²) in [6.07, 6.45) is -3.22. The minimum absolute atomic E-state index is 0.212. The third-order valence-electron chi connectivity index (χ3n) is 4.38. The van der Waals surface area contributed by atoms with Gasteiger partial charge in [0.05, 0.1) is 25.5 Å². The Labute approximate surface area is 143 Å². The van der Waals surface area contributed by atoms with Crippen molar-refractivity contribution < 1.29 is 32.5 Å². The van der Waals surface area contributed by atoms with Gasteiger partial charge in [-0.2, -0.15) is 13.2 Å². The maximum absolute atomic E-state index is 10.6. The third-order valence-corrected chi connectivity index (χ3v) is 4.38. The highest BCUT2D eigenvalue weighted by Gasteiger charge is 2.50. The summed E-state index contributed by atoms with van der Waals surface area (Å²) >= 11 is 0. The topological polar surface area (TPSA) is 71.9 Å². The second-order valence-electron chi connectivity index (χ2n) is 6.30. The van der Waals surface area contributed by atoms with E-state index in [-0.39, 0.29) is 5.41 Å². The number of halogens is 3. The van der Waals surface area contributed by atoms with Crippen LogP contribution in [0.1, 0.15) is 5.69 Å². The SMILES string of the molecule is COC[C@]12COC[C@H]1CN(Cc1ccccn1)C2.O=C(O)C(F)(F)F. The van der Waals surface area contributed by atoms with Crippen molar-refractivity contribution >= 4 is 5.97 Å². The van der Waals surface area contributed by atoms with Gasteiger partial charge in [-0.25, -0.2) is 4.79 Å². The fraction of sp³-hybridized carbons (Fsp3) is 0.625. The Kier molecular flexibility index (Phi) is 6.36. The van der Waals surface area contributed by atoms with Gasteiger partial charge in [0.25, 0.3) is 0 Å². The molecule has 2 aliphatic rings. The Hall–Kier alpha value is -1.71. The molecule has 2 atom stereocenters. The number of aromatic nitrogens is 1. The third kappa shape index (κ3) is 5.13. The van der Waals surface area contributed by atoms with Crippen LogP contribution in [0.3, 0.4) is 0 Å². The van der Waals surface area contributed by atoms with E-state index in [0.717, 1.165) is 45.1 Å². The molecule has 2 fully saturated rings. The monoisotopic (exact) mass is 362 g/mol. The van der Waals surface area contributed by atoms with Crippen molar-refractivity contribution in [2.45, 2.75) is 12.7 Å². The van der Waals surface area contributed by atoms with E-state index < -0.39 is 12.1 Å². The number of likely N-dealkylation sites (tertiary alicyclic amines) is 1. The number of nitrogens with zero attached hydrogens (tertiary/aromatic N) is 2. The molecule has 2 saturated heterocycles. The fourth-order valence-corrected chi connectivity index (χ4v) is 3.28. The van der Waals surface area contributed by atoms with Crippen molar-refractivity contribution in [1.29, 1.82) is 0 Å². The number of carbonyl (C=O) groups is 1. The summed E-state index contributed by atoms with van der Waals surface area (Å²) in [4.78, 5) is 15.8. The number of rotatable bonds is 4. The molecule has 0 radical (unpaired) electrons. The molecule has 1 aromatic heterocycles. The highest BCUT2D eigenvalue weighted by Crippen LogP contribution is 2.41. The fourth-order valence-electron chi connectivity index (χ4n) is 3.28. The molecule has 1 N–H and O–H groups in total. The lowest BCUT2D eigenvalue weighted by atomic mass is 9.82. The van der Waals surface area contributed by atoms with Gasteiger partial charge >= 0.3 is 12.1 Å². The molecule has 0 amide bonds. The molecule has 3 heterocycles. The summed E-state index contributed by atoms with van der Waals surface area (Å²) in [5.41, 5.74) is 1.36. The first kappa shape index (κ1) is 19.6. The molecular weight excluding hydrogens is 341 g/mol. The summed E-state index contributed by atoms with van der Waals surface area (Å²) in [6.45, 7) is 5.60. The van der Waals surface area contributed by atoms with E-state index in [1.54, 1.807) is 7.11 Å². The second-order valence-corrected chi connectivity index (χ2v) is 6.30. The van der Waals surface area contributed by atoms with Crippen LogP contribution in [-0.4, -0.2) is 67.2 Å². The Bertz CT molecular complexity index is 570. The summed E-state index contributed by atoms with van der Waals surface area (Å²) in [5.74, 6) is -2.14. The Morgan fingerprint density at radius 2 is 2.24 bits per heavy atom. The van der Waals surface area contributed by atoms with Crippen LogP contribution in [0, 0.1) is 11.3 Å². The maximum Gasteiger partial charge on any atom is 0.490 e. The zero-order chi connectivity index (χ0) is 18.5. The van der Waals surface area contributed by atoms with Crippen LogP contribution < -0.4 is 0 Å². The van der Waals surface area contributed by atoms with Gasteiger partial charge in [0, 0.05) is 44.3 Å². The molecule has 0 aromatic carbocycles. The molecule has 3 rings (SSSR count). The lowest BCUT2D eigenvalue weighted by Gasteiger charge is -2.26. The minimum Gasteiger partial charge on any atom is -0.475 e. The van der Waals surface area contributed by atoms with Crippen LogP contribution >= 0.6 is 0 Å². The van der Waals surface area contributed by atoms with E-state index >= 15 is 0 Å². The van der Waals surface area contributed by atoms with E-state index in [4.69, 9.17) is 19.4 Å². The molecule has 25 heavy (non-hydrogen) atoms. The van der Waals surface area contributed by atoms with Crippen LogP contribution in [0.2, 0.25) is 0 Å². The van der Waals surface area contributed by atoms with Crippen LogP contribution in [0.4, 0.5) is 13.2 Å². The van der Waals surface area contributed by atoms with Gasteiger partial charge in [-0.1, -0.05) is 6.07 Å². The zero-order valence-corrected chi connectivity index (χ0v) is 13.8. The van der Waals surface area contributed by atoms with E-state index in [1.807, 2.05) is 18.3 Å². The van der Waals surface area contributed by atoms with Gasteiger partial charge in [-0.3, -0.25) is 9.88 Å².